The summed E-state index contributed by atoms with van der Waals surface area (Å²) < 4.78 is 5.48. The first kappa shape index (κ1) is 14.4. The average molecular weight is 261 g/mol. The van der Waals surface area contributed by atoms with Crippen LogP contribution < -0.4 is 10.5 Å². The summed E-state index contributed by atoms with van der Waals surface area (Å²) in [6.07, 6.45) is 4.40. The smallest absolute Gasteiger partial charge is 0.122 e. The Morgan fingerprint density at radius 3 is 2.68 bits per heavy atom. The van der Waals surface area contributed by atoms with Crippen molar-refractivity contribution in [2.75, 3.05) is 7.11 Å². The van der Waals surface area contributed by atoms with Crippen molar-refractivity contribution < 1.29 is 4.74 Å². The predicted octanol–water partition coefficient (Wildman–Crippen LogP) is 3.70. The second-order valence-electron chi connectivity index (χ2n) is 6.55. The fourth-order valence-corrected chi connectivity index (χ4v) is 3.33. The van der Waals surface area contributed by atoms with Gasteiger partial charge in [-0.1, -0.05) is 31.5 Å². The molecule has 3 unspecified atom stereocenters. The normalized spacial score (nSPS) is 31.2. The largest absolute Gasteiger partial charge is 0.496 e. The summed E-state index contributed by atoms with van der Waals surface area (Å²) in [7, 11) is 1.74. The molecule has 0 spiro atoms. The van der Waals surface area contributed by atoms with Crippen LogP contribution in [0.1, 0.15) is 44.2 Å². The van der Waals surface area contributed by atoms with Crippen LogP contribution in [0.3, 0.4) is 0 Å². The second-order valence-corrected chi connectivity index (χ2v) is 6.55. The first-order valence-electron chi connectivity index (χ1n) is 7.36. The minimum Gasteiger partial charge on any atom is -0.496 e. The first-order valence-corrected chi connectivity index (χ1v) is 7.36. The highest BCUT2D eigenvalue weighted by Gasteiger charge is 2.35. The minimum absolute atomic E-state index is 0.0625. The van der Waals surface area contributed by atoms with Gasteiger partial charge in [0.05, 0.1) is 7.11 Å². The van der Waals surface area contributed by atoms with E-state index in [-0.39, 0.29) is 5.54 Å². The zero-order valence-corrected chi connectivity index (χ0v) is 12.7. The van der Waals surface area contributed by atoms with Crippen molar-refractivity contribution in [3.63, 3.8) is 0 Å². The molecule has 1 aliphatic carbocycles. The monoisotopic (exact) mass is 261 g/mol. The molecule has 3 atom stereocenters. The Labute approximate surface area is 117 Å². The topological polar surface area (TPSA) is 35.2 Å². The highest BCUT2D eigenvalue weighted by atomic mass is 16.5. The SMILES string of the molecule is COc1ccc(C)cc1CC1(N)CCC(C)C(C)C1. The van der Waals surface area contributed by atoms with E-state index in [9.17, 15) is 0 Å². The van der Waals surface area contributed by atoms with Gasteiger partial charge in [-0.05, 0) is 56.1 Å². The van der Waals surface area contributed by atoms with Crippen molar-refractivity contribution in [2.45, 2.75) is 52.0 Å². The fraction of sp³-hybridized carbons (Fsp3) is 0.647. The molecular weight excluding hydrogens is 234 g/mol. The maximum Gasteiger partial charge on any atom is 0.122 e. The summed E-state index contributed by atoms with van der Waals surface area (Å²) >= 11 is 0. The lowest BCUT2D eigenvalue weighted by atomic mass is 9.69. The van der Waals surface area contributed by atoms with Gasteiger partial charge in [0.15, 0.2) is 0 Å². The number of rotatable bonds is 3. The lowest BCUT2D eigenvalue weighted by molar-refractivity contribution is 0.175. The van der Waals surface area contributed by atoms with Gasteiger partial charge in [0, 0.05) is 5.54 Å². The zero-order chi connectivity index (χ0) is 14.0. The average Bonchev–Trinajstić information content (AvgIpc) is 2.35. The maximum absolute atomic E-state index is 6.66. The van der Waals surface area contributed by atoms with Crippen LogP contribution in [0.5, 0.6) is 5.75 Å². The standard InChI is InChI=1S/C17H27NO/c1-12-5-6-16(19-4)15(9-12)11-17(18)8-7-13(2)14(3)10-17/h5-6,9,13-14H,7-8,10-11,18H2,1-4H3. The minimum atomic E-state index is -0.0625. The van der Waals surface area contributed by atoms with Crippen molar-refractivity contribution in [2.24, 2.45) is 17.6 Å². The third kappa shape index (κ3) is 3.30. The van der Waals surface area contributed by atoms with Gasteiger partial charge in [-0.15, -0.1) is 0 Å². The predicted molar refractivity (Wildman–Crippen MR) is 80.5 cm³/mol. The molecule has 0 aromatic heterocycles. The van der Waals surface area contributed by atoms with Crippen LogP contribution in [0.15, 0.2) is 18.2 Å². The van der Waals surface area contributed by atoms with Crippen LogP contribution >= 0.6 is 0 Å². The number of hydrogen-bond donors (Lipinski definition) is 1. The van der Waals surface area contributed by atoms with E-state index in [1.165, 1.54) is 17.5 Å². The molecule has 19 heavy (non-hydrogen) atoms. The van der Waals surface area contributed by atoms with Crippen LogP contribution in [-0.4, -0.2) is 12.6 Å². The van der Waals surface area contributed by atoms with Crippen LogP contribution in [0.2, 0.25) is 0 Å². The molecule has 1 aromatic carbocycles. The van der Waals surface area contributed by atoms with E-state index >= 15 is 0 Å². The molecular formula is C17H27NO. The van der Waals surface area contributed by atoms with Gasteiger partial charge in [-0.2, -0.15) is 0 Å². The molecule has 2 rings (SSSR count). The number of benzene rings is 1. The molecule has 0 bridgehead atoms. The second kappa shape index (κ2) is 5.54. The molecule has 0 radical (unpaired) electrons. The number of ether oxygens (including phenoxy) is 1. The Morgan fingerprint density at radius 2 is 2.05 bits per heavy atom. The van der Waals surface area contributed by atoms with Gasteiger partial charge >= 0.3 is 0 Å². The molecule has 2 nitrogen and oxygen atoms in total. The summed E-state index contributed by atoms with van der Waals surface area (Å²) in [5.74, 6) is 2.49. The van der Waals surface area contributed by atoms with Crippen molar-refractivity contribution in [1.29, 1.82) is 0 Å². The number of nitrogens with two attached hydrogens (primary N) is 1. The fourth-order valence-electron chi connectivity index (χ4n) is 3.33. The maximum atomic E-state index is 6.66. The molecule has 1 aromatic rings. The van der Waals surface area contributed by atoms with Crippen LogP contribution in [0.25, 0.3) is 0 Å². The van der Waals surface area contributed by atoms with Crippen LogP contribution in [0.4, 0.5) is 0 Å². The molecule has 0 amide bonds. The third-order valence-corrected chi connectivity index (χ3v) is 4.78. The van der Waals surface area contributed by atoms with Crippen LogP contribution in [0, 0.1) is 18.8 Å². The Morgan fingerprint density at radius 1 is 1.32 bits per heavy atom. The quantitative estimate of drug-likeness (QED) is 0.900. The van der Waals surface area contributed by atoms with Crippen LogP contribution in [-0.2, 0) is 6.42 Å². The van der Waals surface area contributed by atoms with Gasteiger partial charge < -0.3 is 10.5 Å². The number of aryl methyl sites for hydroxylation is 1. The third-order valence-electron chi connectivity index (χ3n) is 4.78. The summed E-state index contributed by atoms with van der Waals surface area (Å²) in [6.45, 7) is 6.80. The van der Waals surface area contributed by atoms with E-state index in [1.54, 1.807) is 7.11 Å². The molecule has 0 aliphatic heterocycles. The van der Waals surface area contributed by atoms with Gasteiger partial charge in [0.1, 0.15) is 5.75 Å². The molecule has 0 saturated heterocycles. The van der Waals surface area contributed by atoms with E-state index in [1.807, 2.05) is 0 Å². The van der Waals surface area contributed by atoms with Gasteiger partial charge in [0.25, 0.3) is 0 Å². The van der Waals surface area contributed by atoms with Gasteiger partial charge in [-0.25, -0.2) is 0 Å². The van der Waals surface area contributed by atoms with E-state index in [4.69, 9.17) is 10.5 Å². The molecule has 1 aliphatic rings. The van der Waals surface area contributed by atoms with E-state index in [0.29, 0.717) is 0 Å². The lowest BCUT2D eigenvalue weighted by Gasteiger charge is -2.40. The summed E-state index contributed by atoms with van der Waals surface area (Å²) in [5, 5.41) is 0. The van der Waals surface area contributed by atoms with E-state index in [2.05, 4.69) is 39.0 Å². The summed E-state index contributed by atoms with van der Waals surface area (Å²) in [5.41, 5.74) is 9.13. The summed E-state index contributed by atoms with van der Waals surface area (Å²) in [4.78, 5) is 0. The Hall–Kier alpha value is -1.02. The zero-order valence-electron chi connectivity index (χ0n) is 12.7. The Kier molecular flexibility index (Phi) is 4.19. The highest BCUT2D eigenvalue weighted by molar-refractivity contribution is 5.38. The van der Waals surface area contributed by atoms with Crippen molar-refractivity contribution >= 4 is 0 Å². The summed E-state index contributed by atoms with van der Waals surface area (Å²) in [6, 6.07) is 6.37. The molecule has 1 fully saturated rings. The molecule has 2 heteroatoms. The lowest BCUT2D eigenvalue weighted by Crippen LogP contribution is -2.47. The molecule has 106 valence electrons. The van der Waals surface area contributed by atoms with Gasteiger partial charge in [-0.3, -0.25) is 0 Å². The van der Waals surface area contributed by atoms with Crippen molar-refractivity contribution in [3.8, 4) is 5.75 Å². The van der Waals surface area contributed by atoms with Gasteiger partial charge in [0.2, 0.25) is 0 Å². The van der Waals surface area contributed by atoms with Crippen molar-refractivity contribution in [1.82, 2.24) is 0 Å². The van der Waals surface area contributed by atoms with Crippen molar-refractivity contribution in [3.05, 3.63) is 29.3 Å². The van der Waals surface area contributed by atoms with E-state index in [0.717, 1.165) is 36.8 Å². The van der Waals surface area contributed by atoms with E-state index < -0.39 is 0 Å². The molecule has 1 saturated carbocycles. The number of methoxy groups -OCH3 is 1. The first-order chi connectivity index (χ1) is 8.93. The molecule has 0 heterocycles. The molecule has 2 N–H and O–H groups in total. The highest BCUT2D eigenvalue weighted by Crippen LogP contribution is 2.38. The number of hydrogen-bond acceptors (Lipinski definition) is 2. The Balaban J connectivity index is 2.18. The Bertz CT molecular complexity index is 443.